The first kappa shape index (κ1) is 45.2. The molecule has 0 saturated carbocycles. The van der Waals surface area contributed by atoms with E-state index in [1.54, 1.807) is 48.5 Å². The third-order valence-corrected chi connectivity index (χ3v) is 12.5. The number of pyridine rings is 2. The van der Waals surface area contributed by atoms with Gasteiger partial charge in [-0.1, -0.05) is 63.1 Å². The molecule has 2 aromatic heterocycles. The fourth-order valence-corrected chi connectivity index (χ4v) is 9.26. The third kappa shape index (κ3) is 9.13. The maximum atomic E-state index is 13.1. The lowest BCUT2D eigenvalue weighted by atomic mass is 9.85. The topological polar surface area (TPSA) is 189 Å². The van der Waals surface area contributed by atoms with Gasteiger partial charge >= 0.3 is 12.1 Å². The van der Waals surface area contributed by atoms with Gasteiger partial charge < -0.3 is 30.2 Å². The second kappa shape index (κ2) is 18.9. The smallest absolute Gasteiger partial charge is 0.322 e. The molecule has 16 heteroatoms. The standard InChI is InChI=1S/2C24H29N5O3/c2*1-4-9-24(22(31)26-23(32)27-24)19-7-5-18(6-8-19)21(30)29-12-10-28(11-13-29)20-17(3)14-16(2)15-25-20/h2*5-8,14-15H,4,9-13H2,1-3H3,(H2,26,27,31,32)/t2*24-/m10/s1. The highest BCUT2D eigenvalue weighted by atomic mass is 16.2. The van der Waals surface area contributed by atoms with Crippen LogP contribution >= 0.6 is 0 Å². The van der Waals surface area contributed by atoms with Crippen molar-refractivity contribution in [1.82, 2.24) is 41.0 Å². The molecule has 16 nitrogen and oxygen atoms in total. The minimum atomic E-state index is -1.07. The zero-order valence-electron chi connectivity index (χ0n) is 37.5. The van der Waals surface area contributed by atoms with Crippen molar-refractivity contribution < 1.29 is 28.8 Å². The average Bonchev–Trinajstić information content (AvgIpc) is 3.75. The van der Waals surface area contributed by atoms with Crippen LogP contribution in [0.15, 0.2) is 73.1 Å². The number of piperazine rings is 2. The van der Waals surface area contributed by atoms with Gasteiger partial charge in [0.05, 0.1) is 0 Å². The first-order valence-corrected chi connectivity index (χ1v) is 22.1. The van der Waals surface area contributed by atoms with Crippen LogP contribution in [0, 0.1) is 27.7 Å². The molecule has 6 heterocycles. The number of nitrogens with one attached hydrogen (secondary N) is 4. The number of imide groups is 2. The van der Waals surface area contributed by atoms with Gasteiger partial charge in [-0.05, 0) is 98.2 Å². The van der Waals surface area contributed by atoms with Gasteiger partial charge in [0.25, 0.3) is 23.6 Å². The van der Waals surface area contributed by atoms with Crippen molar-refractivity contribution in [1.29, 1.82) is 0 Å². The molecule has 0 unspecified atom stereocenters. The molecule has 4 aliphatic heterocycles. The number of aromatic nitrogens is 2. The lowest BCUT2D eigenvalue weighted by Gasteiger charge is -2.36. The van der Waals surface area contributed by atoms with Crippen molar-refractivity contribution in [2.75, 3.05) is 62.2 Å². The highest BCUT2D eigenvalue weighted by molar-refractivity contribution is 6.08. The lowest BCUT2D eigenvalue weighted by molar-refractivity contribution is -0.125. The summed E-state index contributed by atoms with van der Waals surface area (Å²) in [5.74, 6) is 1.19. The molecule has 4 N–H and O–H groups in total. The van der Waals surface area contributed by atoms with Gasteiger partial charge in [-0.15, -0.1) is 0 Å². The first-order chi connectivity index (χ1) is 30.7. The Bertz CT molecular complexity index is 2260. The largest absolute Gasteiger partial charge is 0.353 e. The van der Waals surface area contributed by atoms with Gasteiger partial charge in [0.1, 0.15) is 22.7 Å². The maximum Gasteiger partial charge on any atom is 0.322 e. The molecule has 4 saturated heterocycles. The van der Waals surface area contributed by atoms with Crippen molar-refractivity contribution in [3.63, 3.8) is 0 Å². The summed E-state index contributed by atoms with van der Waals surface area (Å²) in [7, 11) is 0. The molecule has 8 amide bonds. The van der Waals surface area contributed by atoms with Crippen LogP contribution in [0.25, 0.3) is 0 Å². The van der Waals surface area contributed by atoms with Crippen molar-refractivity contribution in [3.8, 4) is 0 Å². The van der Waals surface area contributed by atoms with E-state index in [2.05, 4.69) is 67.0 Å². The van der Waals surface area contributed by atoms with E-state index in [4.69, 9.17) is 0 Å². The third-order valence-electron chi connectivity index (χ3n) is 12.5. The van der Waals surface area contributed by atoms with Gasteiger partial charge in [-0.3, -0.25) is 29.8 Å². The number of rotatable bonds is 10. The number of aryl methyl sites for hydroxylation is 4. The zero-order chi connectivity index (χ0) is 45.8. The molecule has 2 aromatic carbocycles. The molecule has 0 aliphatic carbocycles. The number of urea groups is 2. The molecular weight excluding hydrogens is 813 g/mol. The van der Waals surface area contributed by atoms with Crippen LogP contribution in [-0.4, -0.2) is 108 Å². The first-order valence-electron chi connectivity index (χ1n) is 22.1. The number of nitrogens with zero attached hydrogens (tertiary/aromatic N) is 6. The molecule has 2 atom stereocenters. The molecule has 0 radical (unpaired) electrons. The number of anilines is 2. The number of hydrogen-bond acceptors (Lipinski definition) is 10. The van der Waals surface area contributed by atoms with E-state index in [-0.39, 0.29) is 23.6 Å². The van der Waals surface area contributed by atoms with E-state index in [9.17, 15) is 28.8 Å². The van der Waals surface area contributed by atoms with Gasteiger partial charge in [0.15, 0.2) is 0 Å². The van der Waals surface area contributed by atoms with Crippen molar-refractivity contribution in [3.05, 3.63) is 118 Å². The van der Waals surface area contributed by atoms with Gasteiger partial charge in [-0.2, -0.15) is 0 Å². The highest BCUT2D eigenvalue weighted by Crippen LogP contribution is 2.32. The average molecular weight is 871 g/mol. The van der Waals surface area contributed by atoms with E-state index in [0.29, 0.717) is 61.3 Å². The summed E-state index contributed by atoms with van der Waals surface area (Å²) >= 11 is 0. The fourth-order valence-electron chi connectivity index (χ4n) is 9.26. The predicted molar refractivity (Wildman–Crippen MR) is 243 cm³/mol. The van der Waals surface area contributed by atoms with E-state index < -0.39 is 23.1 Å². The Hall–Kier alpha value is -6.84. The Morgan fingerprint density at radius 1 is 0.547 bits per heavy atom. The Morgan fingerprint density at radius 2 is 0.891 bits per heavy atom. The summed E-state index contributed by atoms with van der Waals surface area (Å²) in [6.45, 7) is 17.5. The SMILES string of the molecule is CCC[C@@]1(c2ccc(C(=O)N3CCN(c4ncc(C)cc4C)CC3)cc2)NC(=O)NC1=O.CCC[C@]1(c2ccc(C(=O)N3CCN(c4ncc(C)cc4C)CC3)cc2)NC(=O)NC1=O. The Kier molecular flexibility index (Phi) is 13.3. The Balaban J connectivity index is 0.000000191. The van der Waals surface area contributed by atoms with Crippen LogP contribution in [0.2, 0.25) is 0 Å². The molecule has 4 fully saturated rings. The second-order valence-electron chi connectivity index (χ2n) is 17.1. The van der Waals surface area contributed by atoms with E-state index in [0.717, 1.165) is 72.9 Å². The number of hydrogen-bond donors (Lipinski definition) is 4. The minimum Gasteiger partial charge on any atom is -0.353 e. The molecule has 0 spiro atoms. The van der Waals surface area contributed by atoms with Crippen LogP contribution < -0.4 is 31.1 Å². The zero-order valence-corrected chi connectivity index (χ0v) is 37.5. The van der Waals surface area contributed by atoms with Crippen LogP contribution in [-0.2, 0) is 20.7 Å². The second-order valence-corrected chi connectivity index (χ2v) is 17.1. The predicted octanol–water partition coefficient (Wildman–Crippen LogP) is 4.99. The number of carbonyl (C=O) groups excluding carboxylic acids is 6. The molecule has 336 valence electrons. The molecule has 4 aliphatic rings. The van der Waals surface area contributed by atoms with Crippen LogP contribution in [0.1, 0.15) is 93.6 Å². The molecule has 64 heavy (non-hydrogen) atoms. The fraction of sp³-hybridized carbons (Fsp3) is 0.417. The van der Waals surface area contributed by atoms with Crippen LogP contribution in [0.4, 0.5) is 21.2 Å². The van der Waals surface area contributed by atoms with E-state index in [1.807, 2.05) is 49.9 Å². The minimum absolute atomic E-state index is 0.0331. The quantitative estimate of drug-likeness (QED) is 0.158. The van der Waals surface area contributed by atoms with Crippen molar-refractivity contribution in [2.24, 2.45) is 0 Å². The van der Waals surface area contributed by atoms with Crippen molar-refractivity contribution >= 4 is 47.3 Å². The highest BCUT2D eigenvalue weighted by Gasteiger charge is 2.48. The summed E-state index contributed by atoms with van der Waals surface area (Å²) in [5.41, 5.74) is 4.93. The van der Waals surface area contributed by atoms with Crippen LogP contribution in [0.5, 0.6) is 0 Å². The van der Waals surface area contributed by atoms with Crippen molar-refractivity contribution in [2.45, 2.75) is 78.3 Å². The Labute approximate surface area is 374 Å². The summed E-state index contributed by atoms with van der Waals surface area (Å²) in [6, 6.07) is 17.3. The van der Waals surface area contributed by atoms with Gasteiger partial charge in [0.2, 0.25) is 0 Å². The van der Waals surface area contributed by atoms with E-state index in [1.165, 1.54) is 0 Å². The number of benzene rings is 2. The maximum absolute atomic E-state index is 13.1. The van der Waals surface area contributed by atoms with Crippen LogP contribution in [0.3, 0.4) is 0 Å². The molecular formula is C48H58N10O6. The summed E-state index contributed by atoms with van der Waals surface area (Å²) in [5, 5.41) is 10.2. The number of amides is 8. The molecule has 4 aromatic rings. The summed E-state index contributed by atoms with van der Waals surface area (Å²) in [4.78, 5) is 91.8. The summed E-state index contributed by atoms with van der Waals surface area (Å²) in [6.07, 6.45) is 6.19. The Morgan fingerprint density at radius 3 is 1.17 bits per heavy atom. The van der Waals surface area contributed by atoms with E-state index >= 15 is 0 Å². The molecule has 0 bridgehead atoms. The normalized spacial score (nSPS) is 20.8. The monoisotopic (exact) mass is 870 g/mol. The number of carbonyl (C=O) groups is 6. The lowest BCUT2D eigenvalue weighted by Crippen LogP contribution is -2.49. The van der Waals surface area contributed by atoms with Gasteiger partial charge in [0, 0.05) is 75.9 Å². The molecule has 8 rings (SSSR count). The van der Waals surface area contributed by atoms with Gasteiger partial charge in [-0.25, -0.2) is 19.6 Å². The summed E-state index contributed by atoms with van der Waals surface area (Å²) < 4.78 is 0.